The Bertz CT molecular complexity index is 283. The minimum absolute atomic E-state index is 0.0811. The fourth-order valence-electron chi connectivity index (χ4n) is 0.731. The van der Waals surface area contributed by atoms with Crippen LogP contribution in [0.3, 0.4) is 0 Å². The molecule has 0 heterocycles. The van der Waals surface area contributed by atoms with E-state index in [0.29, 0.717) is 12.5 Å². The number of hydrogen-bond donors (Lipinski definition) is 2. The third-order valence-electron chi connectivity index (χ3n) is 3.08. The van der Waals surface area contributed by atoms with Crippen LogP contribution in [0.1, 0.15) is 34.6 Å². The number of nitrogens with one attached hydrogen (secondary N) is 1. The van der Waals surface area contributed by atoms with Crippen LogP contribution in [0.2, 0.25) is 0 Å². The molecule has 0 aromatic carbocycles. The van der Waals surface area contributed by atoms with Crippen LogP contribution >= 0.6 is 0 Å². The van der Waals surface area contributed by atoms with Crippen LogP contribution in [0.5, 0.6) is 0 Å². The summed E-state index contributed by atoms with van der Waals surface area (Å²) in [4.78, 5) is 0. The molecular formula is C10H23NO3S. The quantitative estimate of drug-likeness (QED) is 0.723. The van der Waals surface area contributed by atoms with Crippen LogP contribution < -0.4 is 4.72 Å². The fraction of sp³-hybridized carbons (Fsp3) is 1.00. The monoisotopic (exact) mass is 237 g/mol. The summed E-state index contributed by atoms with van der Waals surface area (Å²) in [5.74, 6) is 0.393. The number of rotatable bonds is 6. The molecule has 0 rings (SSSR count). The second-order valence-corrected chi connectivity index (χ2v) is 7.19. The molecule has 0 aliphatic rings. The van der Waals surface area contributed by atoms with Gasteiger partial charge in [-0.1, -0.05) is 27.7 Å². The molecule has 0 radical (unpaired) electrons. The molecular weight excluding hydrogens is 214 g/mol. The maximum Gasteiger partial charge on any atom is 0.216 e. The van der Waals surface area contributed by atoms with Gasteiger partial charge in [-0.3, -0.25) is 0 Å². The SMILES string of the molecule is CC(C)C(C)(C)CNS(=O)(=O)C(C)CO. The summed E-state index contributed by atoms with van der Waals surface area (Å²) in [6.45, 7) is 9.70. The van der Waals surface area contributed by atoms with Crippen molar-refractivity contribution in [1.82, 2.24) is 4.72 Å². The highest BCUT2D eigenvalue weighted by molar-refractivity contribution is 7.90. The number of aliphatic hydroxyl groups is 1. The lowest BCUT2D eigenvalue weighted by Gasteiger charge is -2.29. The molecule has 1 atom stereocenters. The summed E-state index contributed by atoms with van der Waals surface area (Å²) >= 11 is 0. The third-order valence-corrected chi connectivity index (χ3v) is 4.83. The normalized spacial score (nSPS) is 15.7. The van der Waals surface area contributed by atoms with Crippen molar-refractivity contribution in [3.63, 3.8) is 0 Å². The lowest BCUT2D eigenvalue weighted by atomic mass is 9.81. The Kier molecular flexibility index (Phi) is 5.23. The van der Waals surface area contributed by atoms with Crippen LogP contribution in [0.15, 0.2) is 0 Å². The van der Waals surface area contributed by atoms with Gasteiger partial charge in [-0.05, 0) is 18.3 Å². The summed E-state index contributed by atoms with van der Waals surface area (Å²) in [5, 5.41) is 8.04. The summed E-state index contributed by atoms with van der Waals surface area (Å²) in [6.07, 6.45) is 0. The van der Waals surface area contributed by atoms with Crippen LogP contribution in [-0.2, 0) is 10.0 Å². The van der Waals surface area contributed by atoms with Gasteiger partial charge in [0, 0.05) is 6.54 Å². The van der Waals surface area contributed by atoms with E-state index in [4.69, 9.17) is 5.11 Å². The van der Waals surface area contributed by atoms with Crippen molar-refractivity contribution in [3.8, 4) is 0 Å². The van der Waals surface area contributed by atoms with Crippen molar-refractivity contribution >= 4 is 10.0 Å². The van der Waals surface area contributed by atoms with Gasteiger partial charge in [0.05, 0.1) is 11.9 Å². The predicted molar refractivity (Wildman–Crippen MR) is 62.1 cm³/mol. The summed E-state index contributed by atoms with van der Waals surface area (Å²) in [5.41, 5.74) is -0.0811. The van der Waals surface area contributed by atoms with E-state index in [0.717, 1.165) is 0 Å². The first-order valence-electron chi connectivity index (χ1n) is 5.23. The van der Waals surface area contributed by atoms with Crippen LogP contribution in [0.4, 0.5) is 0 Å². The van der Waals surface area contributed by atoms with Gasteiger partial charge in [0.25, 0.3) is 0 Å². The van der Waals surface area contributed by atoms with Gasteiger partial charge in [0.2, 0.25) is 10.0 Å². The standard InChI is InChI=1S/C10H23NO3S/c1-8(2)10(4,5)7-11-15(13,14)9(3)6-12/h8-9,11-12H,6-7H2,1-5H3. The number of aliphatic hydroxyl groups excluding tert-OH is 1. The first kappa shape index (κ1) is 14.9. The topological polar surface area (TPSA) is 66.4 Å². The second-order valence-electron chi connectivity index (χ2n) is 5.00. The van der Waals surface area contributed by atoms with Crippen molar-refractivity contribution in [2.45, 2.75) is 39.9 Å². The highest BCUT2D eigenvalue weighted by Crippen LogP contribution is 2.25. The maximum absolute atomic E-state index is 11.6. The molecule has 0 aromatic heterocycles. The van der Waals surface area contributed by atoms with Gasteiger partial charge in [0.15, 0.2) is 0 Å². The zero-order chi connectivity index (χ0) is 12.3. The van der Waals surface area contributed by atoms with Crippen LogP contribution in [0, 0.1) is 11.3 Å². The highest BCUT2D eigenvalue weighted by atomic mass is 32.2. The lowest BCUT2D eigenvalue weighted by molar-refractivity contribution is 0.250. The summed E-state index contributed by atoms with van der Waals surface area (Å²) < 4.78 is 25.7. The van der Waals surface area contributed by atoms with Crippen molar-refractivity contribution in [3.05, 3.63) is 0 Å². The largest absolute Gasteiger partial charge is 0.395 e. The van der Waals surface area contributed by atoms with Crippen molar-refractivity contribution in [2.75, 3.05) is 13.2 Å². The van der Waals surface area contributed by atoms with Gasteiger partial charge < -0.3 is 5.11 Å². The Labute approximate surface area is 93.1 Å². The Morgan fingerprint density at radius 3 is 2.07 bits per heavy atom. The fourth-order valence-corrected chi connectivity index (χ4v) is 1.79. The molecule has 0 aromatic rings. The Balaban J connectivity index is 4.40. The van der Waals surface area contributed by atoms with Gasteiger partial charge in [-0.25, -0.2) is 13.1 Å². The molecule has 0 saturated heterocycles. The Morgan fingerprint density at radius 1 is 1.27 bits per heavy atom. The minimum Gasteiger partial charge on any atom is -0.395 e. The van der Waals surface area contributed by atoms with E-state index >= 15 is 0 Å². The van der Waals surface area contributed by atoms with E-state index in [9.17, 15) is 8.42 Å². The van der Waals surface area contributed by atoms with Crippen molar-refractivity contribution < 1.29 is 13.5 Å². The number of hydrogen-bond acceptors (Lipinski definition) is 3. The van der Waals surface area contributed by atoms with E-state index in [1.165, 1.54) is 6.92 Å². The molecule has 0 fully saturated rings. The second kappa shape index (κ2) is 5.27. The van der Waals surface area contributed by atoms with Crippen LogP contribution in [-0.4, -0.2) is 31.9 Å². The zero-order valence-corrected chi connectivity index (χ0v) is 11.1. The van der Waals surface area contributed by atoms with E-state index < -0.39 is 15.3 Å². The molecule has 92 valence electrons. The smallest absolute Gasteiger partial charge is 0.216 e. The molecule has 0 saturated carbocycles. The molecule has 0 bridgehead atoms. The molecule has 2 N–H and O–H groups in total. The average Bonchev–Trinajstić information content (AvgIpc) is 2.13. The van der Waals surface area contributed by atoms with Crippen LogP contribution in [0.25, 0.3) is 0 Å². The molecule has 4 nitrogen and oxygen atoms in total. The number of sulfonamides is 1. The molecule has 5 heteroatoms. The minimum atomic E-state index is -3.38. The molecule has 1 unspecified atom stereocenters. The van der Waals surface area contributed by atoms with E-state index in [1.807, 2.05) is 13.8 Å². The van der Waals surface area contributed by atoms with E-state index in [-0.39, 0.29) is 12.0 Å². The average molecular weight is 237 g/mol. The molecule has 0 spiro atoms. The Morgan fingerprint density at radius 2 is 1.73 bits per heavy atom. The first-order chi connectivity index (χ1) is 6.63. The molecule has 15 heavy (non-hydrogen) atoms. The highest BCUT2D eigenvalue weighted by Gasteiger charge is 2.26. The molecule has 0 aliphatic carbocycles. The van der Waals surface area contributed by atoms with Gasteiger partial charge >= 0.3 is 0 Å². The lowest BCUT2D eigenvalue weighted by Crippen LogP contribution is -2.41. The van der Waals surface area contributed by atoms with Crippen molar-refractivity contribution in [1.29, 1.82) is 0 Å². The summed E-state index contributed by atoms with van der Waals surface area (Å²) in [6, 6.07) is 0. The zero-order valence-electron chi connectivity index (χ0n) is 10.2. The first-order valence-corrected chi connectivity index (χ1v) is 6.77. The van der Waals surface area contributed by atoms with Gasteiger partial charge in [-0.15, -0.1) is 0 Å². The van der Waals surface area contributed by atoms with E-state index in [1.54, 1.807) is 0 Å². The third kappa shape index (κ3) is 4.49. The van der Waals surface area contributed by atoms with Gasteiger partial charge in [0.1, 0.15) is 0 Å². The predicted octanol–water partition coefficient (Wildman–Crippen LogP) is 0.969. The van der Waals surface area contributed by atoms with Crippen molar-refractivity contribution in [2.24, 2.45) is 11.3 Å². The molecule has 0 aliphatic heterocycles. The van der Waals surface area contributed by atoms with E-state index in [2.05, 4.69) is 18.6 Å². The maximum atomic E-state index is 11.6. The Hall–Kier alpha value is -0.130. The van der Waals surface area contributed by atoms with Gasteiger partial charge in [-0.2, -0.15) is 0 Å². The summed E-state index contributed by atoms with van der Waals surface area (Å²) in [7, 11) is -3.38. The molecule has 0 amide bonds.